The van der Waals surface area contributed by atoms with Crippen LogP contribution in [0.4, 0.5) is 0 Å². The number of carbonyl (C=O) groups excluding carboxylic acids is 1. The number of nitrogens with one attached hydrogen (secondary N) is 1. The van der Waals surface area contributed by atoms with E-state index in [0.29, 0.717) is 11.5 Å². The van der Waals surface area contributed by atoms with Crippen molar-refractivity contribution in [2.75, 3.05) is 0 Å². The molecule has 0 aromatic heterocycles. The molecule has 1 aromatic carbocycles. The van der Waals surface area contributed by atoms with Gasteiger partial charge in [-0.1, -0.05) is 6.42 Å². The van der Waals surface area contributed by atoms with Crippen LogP contribution >= 0.6 is 0 Å². The second-order valence-corrected chi connectivity index (χ2v) is 7.39. The number of amides is 1. The lowest BCUT2D eigenvalue weighted by Crippen LogP contribution is -2.38. The van der Waals surface area contributed by atoms with Crippen LogP contribution in [-0.2, 0) is 10.0 Å². The minimum Gasteiger partial charge on any atom is -0.349 e. The van der Waals surface area contributed by atoms with Crippen LogP contribution in [-0.4, -0.2) is 20.4 Å². The smallest absolute Gasteiger partial charge is 0.251 e. The first-order valence-electron chi connectivity index (χ1n) is 6.87. The minimum atomic E-state index is -3.71. The van der Waals surface area contributed by atoms with Crippen molar-refractivity contribution in [3.05, 3.63) is 29.8 Å². The van der Waals surface area contributed by atoms with E-state index in [1.54, 1.807) is 0 Å². The molecule has 1 aromatic rings. The third-order valence-electron chi connectivity index (χ3n) is 4.50. The van der Waals surface area contributed by atoms with Gasteiger partial charge in [0.05, 0.1) is 4.90 Å². The summed E-state index contributed by atoms with van der Waals surface area (Å²) < 4.78 is 22.3. The summed E-state index contributed by atoms with van der Waals surface area (Å²) in [5.74, 6) is 1.26. The van der Waals surface area contributed by atoms with Gasteiger partial charge in [0, 0.05) is 11.6 Å². The predicted octanol–water partition coefficient (Wildman–Crippen LogP) is 1.25. The van der Waals surface area contributed by atoms with E-state index in [4.69, 9.17) is 5.14 Å². The monoisotopic (exact) mass is 294 g/mol. The quantitative estimate of drug-likeness (QED) is 0.879. The van der Waals surface area contributed by atoms with Gasteiger partial charge in [0.1, 0.15) is 0 Å². The zero-order chi connectivity index (χ0) is 14.3. The fraction of sp³-hybridized carbons (Fsp3) is 0.500. The molecule has 3 atom stereocenters. The van der Waals surface area contributed by atoms with Crippen molar-refractivity contribution in [3.8, 4) is 0 Å². The lowest BCUT2D eigenvalue weighted by atomic mass is 9.95. The Balaban J connectivity index is 1.68. The van der Waals surface area contributed by atoms with Gasteiger partial charge in [-0.15, -0.1) is 0 Å². The molecule has 2 saturated carbocycles. The van der Waals surface area contributed by atoms with Crippen molar-refractivity contribution in [1.82, 2.24) is 5.32 Å². The third kappa shape index (κ3) is 2.58. The molecule has 0 saturated heterocycles. The maximum atomic E-state index is 12.1. The Bertz CT molecular complexity index is 624. The van der Waals surface area contributed by atoms with Crippen LogP contribution in [0.15, 0.2) is 29.2 Å². The summed E-state index contributed by atoms with van der Waals surface area (Å²) in [5.41, 5.74) is 0.472. The fourth-order valence-corrected chi connectivity index (χ4v) is 3.98. The van der Waals surface area contributed by atoms with Crippen molar-refractivity contribution in [3.63, 3.8) is 0 Å². The number of primary sulfonamides is 1. The van der Waals surface area contributed by atoms with E-state index in [1.165, 1.54) is 43.5 Å². The normalized spacial score (nSPS) is 28.6. The lowest BCUT2D eigenvalue weighted by Gasteiger charge is -2.22. The Hall–Kier alpha value is -1.40. The van der Waals surface area contributed by atoms with Crippen molar-refractivity contribution in [2.24, 2.45) is 17.0 Å². The number of hydrogen-bond acceptors (Lipinski definition) is 3. The third-order valence-corrected chi connectivity index (χ3v) is 5.43. The molecule has 20 heavy (non-hydrogen) atoms. The Kier molecular flexibility index (Phi) is 3.30. The number of nitrogens with two attached hydrogens (primary N) is 1. The van der Waals surface area contributed by atoms with Crippen molar-refractivity contribution >= 4 is 15.9 Å². The van der Waals surface area contributed by atoms with Gasteiger partial charge in [0.2, 0.25) is 10.0 Å². The molecule has 108 valence electrons. The average Bonchev–Trinajstić information content (AvgIpc) is 3.00. The summed E-state index contributed by atoms with van der Waals surface area (Å²) >= 11 is 0. The summed E-state index contributed by atoms with van der Waals surface area (Å²) in [6.45, 7) is 0. The van der Waals surface area contributed by atoms with Gasteiger partial charge < -0.3 is 5.32 Å². The Morgan fingerprint density at radius 3 is 2.35 bits per heavy atom. The van der Waals surface area contributed by atoms with Crippen molar-refractivity contribution in [2.45, 2.75) is 36.6 Å². The molecule has 0 heterocycles. The van der Waals surface area contributed by atoms with Gasteiger partial charge in [-0.05, 0) is 55.4 Å². The molecule has 3 unspecified atom stereocenters. The van der Waals surface area contributed by atoms with Gasteiger partial charge in [0.25, 0.3) is 5.91 Å². The fourth-order valence-electron chi connectivity index (χ4n) is 3.47. The number of rotatable bonds is 3. The summed E-state index contributed by atoms with van der Waals surface area (Å²) in [4.78, 5) is 12.2. The summed E-state index contributed by atoms with van der Waals surface area (Å²) in [5, 5.41) is 8.09. The zero-order valence-electron chi connectivity index (χ0n) is 11.1. The standard InChI is InChI=1S/C14H18N2O3S/c15-20(18,19)12-5-3-10(4-6-12)14(17)16-13-8-9-1-2-11(13)7-9/h3-6,9,11,13H,1-2,7-8H2,(H,16,17)(H2,15,18,19). The lowest BCUT2D eigenvalue weighted by molar-refractivity contribution is 0.0923. The Labute approximate surface area is 118 Å². The molecule has 2 aliphatic carbocycles. The van der Waals surface area contributed by atoms with E-state index in [9.17, 15) is 13.2 Å². The van der Waals surface area contributed by atoms with Crippen LogP contribution in [0.5, 0.6) is 0 Å². The van der Waals surface area contributed by atoms with Crippen LogP contribution < -0.4 is 10.5 Å². The number of fused-ring (bicyclic) bond motifs is 2. The van der Waals surface area contributed by atoms with Crippen LogP contribution in [0.1, 0.15) is 36.0 Å². The van der Waals surface area contributed by atoms with Gasteiger partial charge in [-0.3, -0.25) is 4.79 Å². The summed E-state index contributed by atoms with van der Waals surface area (Å²) in [7, 11) is -3.71. The Morgan fingerprint density at radius 1 is 1.15 bits per heavy atom. The van der Waals surface area contributed by atoms with E-state index in [-0.39, 0.29) is 16.8 Å². The molecular formula is C14H18N2O3S. The van der Waals surface area contributed by atoms with E-state index in [0.717, 1.165) is 12.3 Å². The first-order chi connectivity index (χ1) is 9.43. The van der Waals surface area contributed by atoms with E-state index in [1.807, 2.05) is 0 Å². The number of hydrogen-bond donors (Lipinski definition) is 2. The molecular weight excluding hydrogens is 276 g/mol. The summed E-state index contributed by atoms with van der Waals surface area (Å²) in [6.07, 6.45) is 4.81. The molecule has 0 spiro atoms. The van der Waals surface area contributed by atoms with E-state index < -0.39 is 10.0 Å². The van der Waals surface area contributed by atoms with Gasteiger partial charge >= 0.3 is 0 Å². The molecule has 2 aliphatic rings. The first kappa shape index (κ1) is 13.6. The highest BCUT2D eigenvalue weighted by molar-refractivity contribution is 7.89. The topological polar surface area (TPSA) is 89.3 Å². The highest BCUT2D eigenvalue weighted by atomic mass is 32.2. The maximum Gasteiger partial charge on any atom is 0.251 e. The molecule has 2 fully saturated rings. The number of sulfonamides is 1. The highest BCUT2D eigenvalue weighted by Gasteiger charge is 2.40. The molecule has 0 radical (unpaired) electrons. The predicted molar refractivity (Wildman–Crippen MR) is 74.5 cm³/mol. The molecule has 6 heteroatoms. The van der Waals surface area contributed by atoms with E-state index >= 15 is 0 Å². The number of carbonyl (C=O) groups is 1. The largest absolute Gasteiger partial charge is 0.349 e. The second-order valence-electron chi connectivity index (χ2n) is 5.82. The van der Waals surface area contributed by atoms with Crippen molar-refractivity contribution in [1.29, 1.82) is 0 Å². The van der Waals surface area contributed by atoms with Gasteiger partial charge in [0.15, 0.2) is 0 Å². The van der Waals surface area contributed by atoms with Crippen LogP contribution in [0.25, 0.3) is 0 Å². The molecule has 1 amide bonds. The van der Waals surface area contributed by atoms with E-state index in [2.05, 4.69) is 5.32 Å². The Morgan fingerprint density at radius 2 is 1.85 bits per heavy atom. The summed E-state index contributed by atoms with van der Waals surface area (Å²) in [6, 6.07) is 6.01. The number of benzene rings is 1. The van der Waals surface area contributed by atoms with Crippen molar-refractivity contribution < 1.29 is 13.2 Å². The SMILES string of the molecule is NS(=O)(=O)c1ccc(C(=O)NC2CC3CCC2C3)cc1. The van der Waals surface area contributed by atoms with Gasteiger partial charge in [-0.2, -0.15) is 0 Å². The maximum absolute atomic E-state index is 12.1. The average molecular weight is 294 g/mol. The molecule has 3 N–H and O–H groups in total. The van der Waals surface area contributed by atoms with Gasteiger partial charge in [-0.25, -0.2) is 13.6 Å². The molecule has 0 aliphatic heterocycles. The zero-order valence-corrected chi connectivity index (χ0v) is 11.9. The molecule has 3 rings (SSSR count). The van der Waals surface area contributed by atoms with Crippen LogP contribution in [0, 0.1) is 11.8 Å². The van der Waals surface area contributed by atoms with Crippen LogP contribution in [0.3, 0.4) is 0 Å². The van der Waals surface area contributed by atoms with Crippen LogP contribution in [0.2, 0.25) is 0 Å². The minimum absolute atomic E-state index is 0.0222. The highest BCUT2D eigenvalue weighted by Crippen LogP contribution is 2.44. The first-order valence-corrected chi connectivity index (χ1v) is 8.42. The molecule has 2 bridgehead atoms. The second kappa shape index (κ2) is 4.86. The molecule has 5 nitrogen and oxygen atoms in total.